The van der Waals surface area contributed by atoms with Gasteiger partial charge < -0.3 is 23.9 Å². The Morgan fingerprint density at radius 3 is 2.68 bits per heavy atom. The van der Waals surface area contributed by atoms with Crippen LogP contribution < -0.4 is 18.9 Å². The summed E-state index contributed by atoms with van der Waals surface area (Å²) in [6, 6.07) is 5.59. The molecule has 22 heavy (non-hydrogen) atoms. The van der Waals surface area contributed by atoms with Crippen LogP contribution >= 0.6 is 11.6 Å². The average Bonchev–Trinajstić information content (AvgIpc) is 2.93. The maximum Gasteiger partial charge on any atom is 0.171 e. The van der Waals surface area contributed by atoms with Crippen LogP contribution in [0.5, 0.6) is 23.0 Å². The predicted octanol–water partition coefficient (Wildman–Crippen LogP) is 3.76. The zero-order chi connectivity index (χ0) is 15.3. The Hall–Kier alpha value is -2.27. The number of fused-ring (bicyclic) bond motifs is 5. The van der Waals surface area contributed by atoms with Gasteiger partial charge in [-0.1, -0.05) is 17.7 Å². The van der Waals surface area contributed by atoms with Crippen molar-refractivity contribution in [2.45, 2.75) is 0 Å². The minimum absolute atomic E-state index is 0.520. The number of halogens is 1. The third-order valence-corrected chi connectivity index (χ3v) is 4.15. The molecule has 2 heterocycles. The van der Waals surface area contributed by atoms with E-state index in [4.69, 9.17) is 30.5 Å². The molecule has 4 rings (SSSR count). The number of hydrogen-bond acceptors (Lipinski definition) is 4. The van der Waals surface area contributed by atoms with E-state index in [9.17, 15) is 0 Å². The molecule has 1 N–H and O–H groups in total. The molecule has 1 aromatic heterocycles. The highest BCUT2D eigenvalue weighted by molar-refractivity contribution is 6.34. The van der Waals surface area contributed by atoms with Crippen molar-refractivity contribution in [1.82, 2.24) is 4.98 Å². The summed E-state index contributed by atoms with van der Waals surface area (Å²) < 4.78 is 22.4. The second-order valence-electron chi connectivity index (χ2n) is 4.98. The van der Waals surface area contributed by atoms with Crippen molar-refractivity contribution in [2.24, 2.45) is 0 Å². The van der Waals surface area contributed by atoms with E-state index in [1.807, 2.05) is 18.2 Å². The number of aromatic amines is 1. The van der Waals surface area contributed by atoms with Gasteiger partial charge in [0.1, 0.15) is 19.0 Å². The predicted molar refractivity (Wildman–Crippen MR) is 84.9 cm³/mol. The molecular formula is C16H14ClNO4. The Balaban J connectivity index is 2.19. The number of ether oxygens (including phenoxy) is 4. The second kappa shape index (κ2) is 4.88. The third-order valence-electron chi connectivity index (χ3n) is 3.85. The maximum absolute atomic E-state index is 6.22. The van der Waals surface area contributed by atoms with Crippen molar-refractivity contribution >= 4 is 33.4 Å². The highest BCUT2D eigenvalue weighted by atomic mass is 35.5. The van der Waals surface area contributed by atoms with Crippen molar-refractivity contribution in [2.75, 3.05) is 27.4 Å². The lowest BCUT2D eigenvalue weighted by Crippen LogP contribution is -2.15. The Bertz CT molecular complexity index is 887. The first-order valence-electron chi connectivity index (χ1n) is 6.89. The largest absolute Gasteiger partial charge is 0.494 e. The summed E-state index contributed by atoms with van der Waals surface area (Å²) in [5, 5.41) is 2.42. The summed E-state index contributed by atoms with van der Waals surface area (Å²) in [4.78, 5) is 3.34. The van der Waals surface area contributed by atoms with E-state index in [2.05, 4.69) is 4.98 Å². The number of rotatable bonds is 2. The summed E-state index contributed by atoms with van der Waals surface area (Å²) in [7, 11) is 3.22. The van der Waals surface area contributed by atoms with Gasteiger partial charge in [-0.25, -0.2) is 0 Å². The molecule has 1 aliphatic rings. The van der Waals surface area contributed by atoms with Crippen LogP contribution in [0.2, 0.25) is 5.02 Å². The highest BCUT2D eigenvalue weighted by Crippen LogP contribution is 2.48. The number of aromatic nitrogens is 1. The number of hydrogen-bond donors (Lipinski definition) is 1. The van der Waals surface area contributed by atoms with Crippen LogP contribution in [0, 0.1) is 0 Å². The van der Waals surface area contributed by atoms with Gasteiger partial charge in [-0.3, -0.25) is 0 Å². The molecule has 5 nitrogen and oxygen atoms in total. The topological polar surface area (TPSA) is 52.7 Å². The summed E-state index contributed by atoms with van der Waals surface area (Å²) >= 11 is 6.22. The molecule has 6 heteroatoms. The molecule has 0 saturated carbocycles. The van der Waals surface area contributed by atoms with E-state index in [0.29, 0.717) is 35.5 Å². The summed E-state index contributed by atoms with van der Waals surface area (Å²) in [5.74, 6) is 2.69. The Labute approximate surface area is 131 Å². The minimum Gasteiger partial charge on any atom is -0.494 e. The van der Waals surface area contributed by atoms with Gasteiger partial charge >= 0.3 is 0 Å². The van der Waals surface area contributed by atoms with E-state index in [0.717, 1.165) is 27.6 Å². The van der Waals surface area contributed by atoms with E-state index in [1.54, 1.807) is 14.2 Å². The Morgan fingerprint density at radius 1 is 1.09 bits per heavy atom. The van der Waals surface area contributed by atoms with Crippen LogP contribution in [-0.4, -0.2) is 32.4 Å². The molecule has 0 amide bonds. The maximum atomic E-state index is 6.22. The number of methoxy groups -OCH3 is 2. The Morgan fingerprint density at radius 2 is 1.91 bits per heavy atom. The van der Waals surface area contributed by atoms with Gasteiger partial charge in [0, 0.05) is 11.5 Å². The lowest BCUT2D eigenvalue weighted by Gasteiger charge is -2.20. The van der Waals surface area contributed by atoms with Gasteiger partial charge in [0.25, 0.3) is 0 Å². The van der Waals surface area contributed by atoms with Crippen molar-refractivity contribution in [3.8, 4) is 23.0 Å². The molecule has 2 aromatic carbocycles. The molecule has 0 aliphatic carbocycles. The van der Waals surface area contributed by atoms with Gasteiger partial charge in [0.2, 0.25) is 0 Å². The first-order chi connectivity index (χ1) is 10.7. The standard InChI is InChI=1S/C16H14ClNO4/c1-19-10-7-11-16(22-6-5-21-11)12-8-3-4-9(17)15(20-2)13(8)18-14(10)12/h3-4,7,18H,5-6H2,1-2H3. The van der Waals surface area contributed by atoms with Crippen LogP contribution in [0.1, 0.15) is 0 Å². The quantitative estimate of drug-likeness (QED) is 0.781. The summed E-state index contributed by atoms with van der Waals surface area (Å²) in [6.07, 6.45) is 0. The van der Waals surface area contributed by atoms with Crippen LogP contribution in [0.3, 0.4) is 0 Å². The molecule has 3 aromatic rings. The van der Waals surface area contributed by atoms with Gasteiger partial charge in [-0.15, -0.1) is 0 Å². The number of benzene rings is 2. The highest BCUT2D eigenvalue weighted by Gasteiger charge is 2.24. The fourth-order valence-electron chi connectivity index (χ4n) is 2.92. The molecule has 0 saturated heterocycles. The summed E-state index contributed by atoms with van der Waals surface area (Å²) in [6.45, 7) is 1.05. The first-order valence-corrected chi connectivity index (χ1v) is 7.27. The minimum atomic E-state index is 0.520. The molecule has 0 unspecified atom stereocenters. The molecule has 114 valence electrons. The average molecular weight is 320 g/mol. The van der Waals surface area contributed by atoms with Crippen LogP contribution in [-0.2, 0) is 0 Å². The number of nitrogens with one attached hydrogen (secondary N) is 1. The van der Waals surface area contributed by atoms with Gasteiger partial charge in [-0.2, -0.15) is 0 Å². The molecule has 0 bridgehead atoms. The van der Waals surface area contributed by atoms with Crippen molar-refractivity contribution < 1.29 is 18.9 Å². The zero-order valence-electron chi connectivity index (χ0n) is 12.2. The molecule has 0 radical (unpaired) electrons. The summed E-state index contributed by atoms with van der Waals surface area (Å²) in [5.41, 5.74) is 1.65. The van der Waals surface area contributed by atoms with Gasteiger partial charge in [-0.05, 0) is 6.07 Å². The first kappa shape index (κ1) is 13.4. The van der Waals surface area contributed by atoms with Crippen LogP contribution in [0.15, 0.2) is 18.2 Å². The molecule has 1 aliphatic heterocycles. The monoisotopic (exact) mass is 319 g/mol. The smallest absolute Gasteiger partial charge is 0.171 e. The van der Waals surface area contributed by atoms with Gasteiger partial charge in [0.05, 0.1) is 35.7 Å². The molecule has 0 spiro atoms. The SMILES string of the molecule is COc1c(Cl)ccc2c1[nH]c1c(OC)cc3c(c12)OCCO3. The van der Waals surface area contributed by atoms with Crippen LogP contribution in [0.25, 0.3) is 21.8 Å². The van der Waals surface area contributed by atoms with E-state index in [-0.39, 0.29) is 0 Å². The van der Waals surface area contributed by atoms with Gasteiger partial charge in [0.15, 0.2) is 17.2 Å². The molecule has 0 fully saturated rings. The second-order valence-corrected chi connectivity index (χ2v) is 5.39. The van der Waals surface area contributed by atoms with E-state index >= 15 is 0 Å². The third kappa shape index (κ3) is 1.72. The fraction of sp³-hybridized carbons (Fsp3) is 0.250. The number of H-pyrrole nitrogens is 1. The zero-order valence-corrected chi connectivity index (χ0v) is 12.9. The van der Waals surface area contributed by atoms with Crippen molar-refractivity contribution in [1.29, 1.82) is 0 Å². The van der Waals surface area contributed by atoms with E-state index < -0.39 is 0 Å². The Kier molecular flexibility index (Phi) is 2.97. The van der Waals surface area contributed by atoms with Crippen LogP contribution in [0.4, 0.5) is 0 Å². The fourth-order valence-corrected chi connectivity index (χ4v) is 3.15. The van der Waals surface area contributed by atoms with Crippen molar-refractivity contribution in [3.63, 3.8) is 0 Å². The lowest BCUT2D eigenvalue weighted by molar-refractivity contribution is 0.173. The van der Waals surface area contributed by atoms with Crippen molar-refractivity contribution in [3.05, 3.63) is 23.2 Å². The molecule has 0 atom stereocenters. The lowest BCUT2D eigenvalue weighted by atomic mass is 10.1. The molecular weight excluding hydrogens is 306 g/mol. The normalized spacial score (nSPS) is 13.6. The van der Waals surface area contributed by atoms with E-state index in [1.165, 1.54) is 0 Å².